The molecule has 0 unspecified atom stereocenters. The van der Waals surface area contributed by atoms with Crippen molar-refractivity contribution >= 4 is 11.0 Å². The Hall–Kier alpha value is -2.40. The number of hydrogen-bond donors (Lipinski definition) is 2. The molecule has 0 spiro atoms. The number of imidazole rings is 1. The van der Waals surface area contributed by atoms with Crippen molar-refractivity contribution in [2.45, 2.75) is 6.54 Å². The summed E-state index contributed by atoms with van der Waals surface area (Å²) in [5, 5.41) is 18.5. The van der Waals surface area contributed by atoms with E-state index in [9.17, 15) is 14.6 Å². The second kappa shape index (κ2) is 4.94. The molecule has 2 aromatic carbocycles. The summed E-state index contributed by atoms with van der Waals surface area (Å²) in [7, 11) is 0. The average molecular weight is 272 g/mol. The number of nitrogens with zero attached hydrogens (tertiary/aromatic N) is 2. The smallest absolute Gasteiger partial charge is 0.144 e. The van der Waals surface area contributed by atoms with Gasteiger partial charge >= 0.3 is 0 Å². The summed E-state index contributed by atoms with van der Waals surface area (Å²) in [6.07, 6.45) is 0. The average Bonchev–Trinajstić information content (AvgIpc) is 2.78. The molecule has 0 aliphatic rings. The number of fused-ring (bicyclic) bond motifs is 1. The zero-order valence-corrected chi connectivity index (χ0v) is 10.6. The highest BCUT2D eigenvalue weighted by Gasteiger charge is 2.15. The summed E-state index contributed by atoms with van der Waals surface area (Å²) < 4.78 is 15.8. The zero-order valence-electron chi connectivity index (χ0n) is 10.6. The molecular weight excluding hydrogens is 259 g/mol. The summed E-state index contributed by atoms with van der Waals surface area (Å²) in [6.45, 7) is 0.267. The van der Waals surface area contributed by atoms with Gasteiger partial charge < -0.3 is 14.8 Å². The quantitative estimate of drug-likeness (QED) is 0.770. The number of phenolic OH excluding ortho intramolecular Hbond substituents is 1. The van der Waals surface area contributed by atoms with Gasteiger partial charge in [0.15, 0.2) is 0 Å². The van der Waals surface area contributed by atoms with Crippen LogP contribution in [0.3, 0.4) is 0 Å². The van der Waals surface area contributed by atoms with Gasteiger partial charge in [-0.15, -0.1) is 0 Å². The lowest BCUT2D eigenvalue weighted by Crippen LogP contribution is -2.04. The third-order valence-electron chi connectivity index (χ3n) is 3.17. The number of rotatable bonds is 3. The van der Waals surface area contributed by atoms with Crippen molar-refractivity contribution in [2.24, 2.45) is 0 Å². The summed E-state index contributed by atoms with van der Waals surface area (Å²) in [4.78, 5) is 4.42. The predicted molar refractivity (Wildman–Crippen MR) is 73.9 cm³/mol. The highest BCUT2D eigenvalue weighted by molar-refractivity contribution is 5.80. The van der Waals surface area contributed by atoms with Crippen LogP contribution in [0.5, 0.6) is 5.75 Å². The Kier molecular flexibility index (Phi) is 3.12. The van der Waals surface area contributed by atoms with Crippen LogP contribution < -0.4 is 0 Å². The van der Waals surface area contributed by atoms with Crippen molar-refractivity contribution in [3.63, 3.8) is 0 Å². The summed E-state index contributed by atoms with van der Waals surface area (Å²) >= 11 is 0. The molecule has 5 heteroatoms. The molecule has 0 radical (unpaired) electrons. The Labute approximate surface area is 114 Å². The monoisotopic (exact) mass is 272 g/mol. The van der Waals surface area contributed by atoms with Gasteiger partial charge in [0, 0.05) is 12.6 Å². The Bertz CT molecular complexity index is 768. The van der Waals surface area contributed by atoms with Crippen molar-refractivity contribution in [2.75, 3.05) is 6.61 Å². The molecular formula is C15H13FN2O2. The zero-order chi connectivity index (χ0) is 14.1. The normalized spacial score (nSPS) is 11.1. The molecule has 0 amide bonds. The first-order valence-corrected chi connectivity index (χ1v) is 6.25. The molecule has 0 aliphatic heterocycles. The van der Waals surface area contributed by atoms with Crippen molar-refractivity contribution in [3.05, 3.63) is 48.3 Å². The molecule has 0 aliphatic carbocycles. The molecule has 102 valence electrons. The van der Waals surface area contributed by atoms with Gasteiger partial charge in [-0.1, -0.05) is 12.1 Å². The van der Waals surface area contributed by atoms with E-state index in [1.54, 1.807) is 4.57 Å². The van der Waals surface area contributed by atoms with E-state index < -0.39 is 5.82 Å². The maximum absolute atomic E-state index is 14.0. The van der Waals surface area contributed by atoms with E-state index >= 15 is 0 Å². The number of benzene rings is 2. The SMILES string of the molecule is OCCn1c(-c2ccc(O)cc2F)nc2ccccc21. The first-order chi connectivity index (χ1) is 9.70. The van der Waals surface area contributed by atoms with E-state index in [-0.39, 0.29) is 12.4 Å². The second-order valence-electron chi connectivity index (χ2n) is 4.46. The summed E-state index contributed by atoms with van der Waals surface area (Å²) in [6, 6.07) is 11.4. The van der Waals surface area contributed by atoms with E-state index in [4.69, 9.17) is 0 Å². The molecule has 1 heterocycles. The van der Waals surface area contributed by atoms with E-state index in [1.807, 2.05) is 24.3 Å². The first-order valence-electron chi connectivity index (χ1n) is 6.25. The number of phenols is 1. The molecule has 0 saturated carbocycles. The summed E-state index contributed by atoms with van der Waals surface area (Å²) in [5.41, 5.74) is 1.87. The Morgan fingerprint density at radius 1 is 1.15 bits per heavy atom. The van der Waals surface area contributed by atoms with Crippen LogP contribution in [0, 0.1) is 5.82 Å². The number of hydrogen-bond acceptors (Lipinski definition) is 3. The minimum atomic E-state index is -0.542. The molecule has 4 nitrogen and oxygen atoms in total. The number of aromatic hydroxyl groups is 1. The minimum absolute atomic E-state index is 0.0624. The third kappa shape index (κ3) is 2.02. The van der Waals surface area contributed by atoms with Gasteiger partial charge in [-0.2, -0.15) is 0 Å². The fraction of sp³-hybridized carbons (Fsp3) is 0.133. The largest absolute Gasteiger partial charge is 0.508 e. The molecule has 3 rings (SSSR count). The topological polar surface area (TPSA) is 58.3 Å². The van der Waals surface area contributed by atoms with Crippen LogP contribution in [-0.4, -0.2) is 26.4 Å². The first kappa shape index (κ1) is 12.6. The molecule has 3 aromatic rings. The highest BCUT2D eigenvalue weighted by atomic mass is 19.1. The van der Waals surface area contributed by atoms with Crippen LogP contribution in [-0.2, 0) is 6.54 Å². The maximum atomic E-state index is 14.0. The van der Waals surface area contributed by atoms with Gasteiger partial charge in [0.25, 0.3) is 0 Å². The van der Waals surface area contributed by atoms with Crippen molar-refractivity contribution < 1.29 is 14.6 Å². The van der Waals surface area contributed by atoms with Gasteiger partial charge in [0.05, 0.1) is 23.2 Å². The van der Waals surface area contributed by atoms with Gasteiger partial charge in [0.1, 0.15) is 17.4 Å². The fourth-order valence-corrected chi connectivity index (χ4v) is 2.29. The standard InChI is InChI=1S/C15H13FN2O2/c16-12-9-10(20)5-6-11(12)15-17-13-3-1-2-4-14(13)18(15)7-8-19/h1-6,9,19-20H,7-8H2. The number of para-hydroxylation sites is 2. The van der Waals surface area contributed by atoms with E-state index in [0.717, 1.165) is 17.1 Å². The van der Waals surface area contributed by atoms with E-state index in [2.05, 4.69) is 4.98 Å². The van der Waals surface area contributed by atoms with Crippen LogP contribution >= 0.6 is 0 Å². The lowest BCUT2D eigenvalue weighted by molar-refractivity contribution is 0.278. The van der Waals surface area contributed by atoms with Crippen molar-refractivity contribution in [1.29, 1.82) is 0 Å². The van der Waals surface area contributed by atoms with Crippen LogP contribution in [0.1, 0.15) is 0 Å². The van der Waals surface area contributed by atoms with Gasteiger partial charge in [-0.05, 0) is 24.3 Å². The molecule has 2 N–H and O–H groups in total. The molecule has 0 saturated heterocycles. The van der Waals surface area contributed by atoms with E-state index in [1.165, 1.54) is 12.1 Å². The second-order valence-corrected chi connectivity index (χ2v) is 4.46. The molecule has 1 aromatic heterocycles. The number of aromatic nitrogens is 2. The lowest BCUT2D eigenvalue weighted by atomic mass is 10.2. The van der Waals surface area contributed by atoms with Crippen LogP contribution in [0.25, 0.3) is 22.4 Å². The predicted octanol–water partition coefficient (Wildman–Crippen LogP) is 2.54. The minimum Gasteiger partial charge on any atom is -0.508 e. The maximum Gasteiger partial charge on any atom is 0.144 e. The Balaban J connectivity index is 2.26. The van der Waals surface area contributed by atoms with Crippen LogP contribution in [0.2, 0.25) is 0 Å². The van der Waals surface area contributed by atoms with Crippen LogP contribution in [0.15, 0.2) is 42.5 Å². The molecule has 0 bridgehead atoms. The fourth-order valence-electron chi connectivity index (χ4n) is 2.29. The molecule has 20 heavy (non-hydrogen) atoms. The third-order valence-corrected chi connectivity index (χ3v) is 3.17. The highest BCUT2D eigenvalue weighted by Crippen LogP contribution is 2.28. The Morgan fingerprint density at radius 3 is 2.70 bits per heavy atom. The van der Waals surface area contributed by atoms with Gasteiger partial charge in [-0.3, -0.25) is 0 Å². The number of halogens is 1. The summed E-state index contributed by atoms with van der Waals surface area (Å²) in [5.74, 6) is -0.228. The molecule has 0 atom stereocenters. The lowest BCUT2D eigenvalue weighted by Gasteiger charge is -2.08. The van der Waals surface area contributed by atoms with Gasteiger partial charge in [-0.25, -0.2) is 9.37 Å². The number of aliphatic hydroxyl groups is 1. The van der Waals surface area contributed by atoms with Crippen molar-refractivity contribution in [1.82, 2.24) is 9.55 Å². The number of aliphatic hydroxyl groups excluding tert-OH is 1. The molecule has 0 fully saturated rings. The Morgan fingerprint density at radius 2 is 1.95 bits per heavy atom. The van der Waals surface area contributed by atoms with Crippen LogP contribution in [0.4, 0.5) is 4.39 Å². The van der Waals surface area contributed by atoms with Crippen molar-refractivity contribution in [3.8, 4) is 17.1 Å². The van der Waals surface area contributed by atoms with Gasteiger partial charge in [0.2, 0.25) is 0 Å². The van der Waals surface area contributed by atoms with E-state index in [0.29, 0.717) is 17.9 Å².